The zero-order valence-corrected chi connectivity index (χ0v) is 18.9. The minimum atomic E-state index is -0.991. The summed E-state index contributed by atoms with van der Waals surface area (Å²) in [6.07, 6.45) is 0.829. The van der Waals surface area contributed by atoms with Crippen molar-refractivity contribution in [2.24, 2.45) is 0 Å². The molecular formula is C25H26F2N4O2. The number of aryl methyl sites for hydroxylation is 2. The van der Waals surface area contributed by atoms with Crippen LogP contribution in [0.2, 0.25) is 0 Å². The van der Waals surface area contributed by atoms with Crippen molar-refractivity contribution in [2.75, 3.05) is 5.32 Å². The van der Waals surface area contributed by atoms with Gasteiger partial charge in [0.25, 0.3) is 0 Å². The maximum Gasteiger partial charge on any atom is 0.140 e. The number of hydrogen-bond donors (Lipinski definition) is 4. The van der Waals surface area contributed by atoms with Crippen molar-refractivity contribution in [3.05, 3.63) is 70.7 Å². The largest absolute Gasteiger partial charge is 0.389 e. The third-order valence-corrected chi connectivity index (χ3v) is 6.45. The van der Waals surface area contributed by atoms with Crippen LogP contribution < -0.4 is 10.6 Å². The van der Waals surface area contributed by atoms with Gasteiger partial charge >= 0.3 is 0 Å². The van der Waals surface area contributed by atoms with Crippen LogP contribution in [0.5, 0.6) is 0 Å². The number of H-pyrrole nitrogens is 1. The van der Waals surface area contributed by atoms with Crippen LogP contribution in [0.1, 0.15) is 42.5 Å². The van der Waals surface area contributed by atoms with E-state index < -0.39 is 29.3 Å². The molecule has 8 heteroatoms. The third-order valence-electron chi connectivity index (χ3n) is 6.45. The van der Waals surface area contributed by atoms with Gasteiger partial charge in [-0.25, -0.2) is 8.78 Å². The highest BCUT2D eigenvalue weighted by molar-refractivity contribution is 5.96. The van der Waals surface area contributed by atoms with Gasteiger partial charge in [0.2, 0.25) is 0 Å². The zero-order valence-electron chi connectivity index (χ0n) is 18.9. The smallest absolute Gasteiger partial charge is 0.140 e. The highest BCUT2D eigenvalue weighted by atomic mass is 19.1. The lowest BCUT2D eigenvalue weighted by molar-refractivity contribution is 0.0660. The van der Waals surface area contributed by atoms with E-state index in [1.54, 1.807) is 39.0 Å². The lowest BCUT2D eigenvalue weighted by atomic mass is 9.81. The zero-order chi connectivity index (χ0) is 23.5. The van der Waals surface area contributed by atoms with E-state index in [-0.39, 0.29) is 17.7 Å². The van der Waals surface area contributed by atoms with E-state index >= 15 is 8.78 Å². The highest BCUT2D eigenvalue weighted by Crippen LogP contribution is 2.44. The average molecular weight is 453 g/mol. The number of anilines is 1. The molecule has 0 fully saturated rings. The van der Waals surface area contributed by atoms with Gasteiger partial charge in [0.05, 0.1) is 34.5 Å². The van der Waals surface area contributed by atoms with Crippen LogP contribution in [-0.4, -0.2) is 26.9 Å². The molecule has 0 radical (unpaired) electrons. The normalized spacial score (nSPS) is 19.5. The molecule has 5 rings (SSSR count). The summed E-state index contributed by atoms with van der Waals surface area (Å²) in [5, 5.41) is 22.3. The number of rotatable bonds is 4. The molecule has 0 spiro atoms. The second-order valence-electron chi connectivity index (χ2n) is 9.29. The summed E-state index contributed by atoms with van der Waals surface area (Å²) in [5.41, 5.74) is 2.29. The van der Waals surface area contributed by atoms with Gasteiger partial charge < -0.3 is 25.2 Å². The number of para-hydroxylation sites is 1. The van der Waals surface area contributed by atoms with Crippen LogP contribution >= 0.6 is 0 Å². The maximum absolute atomic E-state index is 16.2. The van der Waals surface area contributed by atoms with Gasteiger partial charge in [0.1, 0.15) is 17.4 Å². The molecule has 6 nitrogen and oxygen atoms in total. The number of fused-ring (bicyclic) bond motifs is 2. The van der Waals surface area contributed by atoms with E-state index in [2.05, 4.69) is 20.8 Å². The molecule has 33 heavy (non-hydrogen) atoms. The Morgan fingerprint density at radius 2 is 2.00 bits per heavy atom. The fraction of sp³-hybridized carbons (Fsp3) is 0.320. The number of aromatic nitrogens is 2. The van der Waals surface area contributed by atoms with Gasteiger partial charge in [-0.05, 0) is 39.3 Å². The molecule has 1 aliphatic heterocycles. The summed E-state index contributed by atoms with van der Waals surface area (Å²) < 4.78 is 36.7. The number of halogens is 2. The first-order valence-electron chi connectivity index (χ1n) is 10.9. The lowest BCUT2D eigenvalue weighted by Crippen LogP contribution is -2.54. The second-order valence-corrected chi connectivity index (χ2v) is 9.29. The van der Waals surface area contributed by atoms with Crippen LogP contribution in [0.25, 0.3) is 22.0 Å². The van der Waals surface area contributed by atoms with E-state index in [1.807, 2.05) is 19.2 Å². The molecule has 4 aromatic rings. The Balaban J connectivity index is 1.66. The first-order chi connectivity index (χ1) is 15.7. The number of hydrogen-bond acceptors (Lipinski definition) is 5. The average Bonchev–Trinajstić information content (AvgIpc) is 3.34. The second kappa shape index (κ2) is 7.67. The molecule has 0 amide bonds. The van der Waals surface area contributed by atoms with Crippen LogP contribution in [0.4, 0.5) is 14.5 Å². The van der Waals surface area contributed by atoms with Crippen LogP contribution in [-0.2, 0) is 6.54 Å². The summed E-state index contributed by atoms with van der Waals surface area (Å²) in [7, 11) is 0. The van der Waals surface area contributed by atoms with E-state index in [0.717, 1.165) is 10.9 Å². The number of aliphatic hydroxyl groups excluding tert-OH is 1. The summed E-state index contributed by atoms with van der Waals surface area (Å²) in [5.74, 6) is -0.722. The van der Waals surface area contributed by atoms with Crippen LogP contribution in [0, 0.1) is 25.5 Å². The first-order valence-corrected chi connectivity index (χ1v) is 10.9. The van der Waals surface area contributed by atoms with Gasteiger partial charge in [-0.3, -0.25) is 0 Å². The van der Waals surface area contributed by atoms with Gasteiger partial charge in [-0.15, -0.1) is 0 Å². The van der Waals surface area contributed by atoms with Gasteiger partial charge in [0, 0.05) is 41.0 Å². The minimum Gasteiger partial charge on any atom is -0.389 e. The Labute approximate surface area is 190 Å². The number of nitrogens with one attached hydrogen (secondary N) is 3. The van der Waals surface area contributed by atoms with Crippen LogP contribution in [0.15, 0.2) is 41.1 Å². The Bertz CT molecular complexity index is 1360. The third kappa shape index (κ3) is 3.50. The number of nitrogens with zero attached hydrogens (tertiary/aromatic N) is 1. The van der Waals surface area contributed by atoms with E-state index in [0.29, 0.717) is 28.2 Å². The first kappa shape index (κ1) is 21.6. The SMILES string of the molecule is Cc1cc(CNC2c3c(cc(F)c(-c4cccc5c(C)c[nH]c45)c3F)NC(C)(C)C2O)no1. The molecule has 172 valence electrons. The molecule has 0 aliphatic carbocycles. The summed E-state index contributed by atoms with van der Waals surface area (Å²) in [4.78, 5) is 3.14. The minimum absolute atomic E-state index is 0.126. The topological polar surface area (TPSA) is 86.1 Å². The quantitative estimate of drug-likeness (QED) is 0.346. The predicted octanol–water partition coefficient (Wildman–Crippen LogP) is 5.11. The van der Waals surface area contributed by atoms with Crippen LogP contribution in [0.3, 0.4) is 0 Å². The standard InChI is InChI=1S/C25H26F2N4O2/c1-12-10-28-22-15(12)6-5-7-16(22)19-17(26)9-18-20(21(19)27)23(24(32)25(3,4)30-18)29-11-14-8-13(2)33-31-14/h5-10,23-24,28-30,32H,11H2,1-4H3. The summed E-state index contributed by atoms with van der Waals surface area (Å²) in [6, 6.07) is 7.69. The molecule has 4 N–H and O–H groups in total. The van der Waals surface area contributed by atoms with Crippen molar-refractivity contribution in [2.45, 2.75) is 51.9 Å². The Kier molecular flexibility index (Phi) is 5.02. The number of benzene rings is 2. The van der Waals surface area contributed by atoms with Gasteiger partial charge in [-0.1, -0.05) is 23.4 Å². The summed E-state index contributed by atoms with van der Waals surface area (Å²) in [6.45, 7) is 7.57. The number of aromatic amines is 1. The van der Waals surface area contributed by atoms with Gasteiger partial charge in [-0.2, -0.15) is 0 Å². The Hall–Kier alpha value is -3.23. The molecule has 2 aromatic heterocycles. The molecule has 1 aliphatic rings. The molecule has 2 aromatic carbocycles. The van der Waals surface area contributed by atoms with E-state index in [1.165, 1.54) is 6.07 Å². The van der Waals surface area contributed by atoms with Crippen molar-refractivity contribution in [3.8, 4) is 11.1 Å². The monoisotopic (exact) mass is 452 g/mol. The molecular weight excluding hydrogens is 426 g/mol. The number of aliphatic hydroxyl groups is 1. The molecule has 0 saturated carbocycles. The predicted molar refractivity (Wildman–Crippen MR) is 123 cm³/mol. The fourth-order valence-electron chi connectivity index (χ4n) is 4.72. The Morgan fingerprint density at radius 1 is 1.21 bits per heavy atom. The fourth-order valence-corrected chi connectivity index (χ4v) is 4.72. The molecule has 2 unspecified atom stereocenters. The summed E-state index contributed by atoms with van der Waals surface area (Å²) >= 11 is 0. The van der Waals surface area contributed by atoms with Crippen molar-refractivity contribution < 1.29 is 18.4 Å². The van der Waals surface area contributed by atoms with E-state index in [9.17, 15) is 5.11 Å². The molecule has 3 heterocycles. The molecule has 2 atom stereocenters. The molecule has 0 saturated heterocycles. The van der Waals surface area contributed by atoms with Gasteiger partial charge in [0.15, 0.2) is 0 Å². The van der Waals surface area contributed by atoms with Crippen molar-refractivity contribution >= 4 is 16.6 Å². The Morgan fingerprint density at radius 3 is 2.73 bits per heavy atom. The van der Waals surface area contributed by atoms with E-state index in [4.69, 9.17) is 4.52 Å². The van der Waals surface area contributed by atoms with Crippen molar-refractivity contribution in [3.63, 3.8) is 0 Å². The lowest BCUT2D eigenvalue weighted by Gasteiger charge is -2.44. The molecule has 0 bridgehead atoms. The highest BCUT2D eigenvalue weighted by Gasteiger charge is 2.43. The maximum atomic E-state index is 16.2. The van der Waals surface area contributed by atoms with Crippen molar-refractivity contribution in [1.82, 2.24) is 15.5 Å². The van der Waals surface area contributed by atoms with Crippen molar-refractivity contribution in [1.29, 1.82) is 0 Å².